The normalized spacial score (nSPS) is 11.3. The van der Waals surface area contributed by atoms with Crippen LogP contribution in [-0.2, 0) is 6.54 Å². The molecule has 5 heteroatoms. The van der Waals surface area contributed by atoms with Gasteiger partial charge in [-0.05, 0) is 33.0 Å². The summed E-state index contributed by atoms with van der Waals surface area (Å²) in [6.07, 6.45) is 1.83. The topological polar surface area (TPSA) is 54.5 Å². The van der Waals surface area contributed by atoms with Crippen molar-refractivity contribution in [2.75, 3.05) is 39.5 Å². The van der Waals surface area contributed by atoms with Crippen LogP contribution in [0.5, 0.6) is 0 Å². The van der Waals surface area contributed by atoms with Crippen molar-refractivity contribution in [3.63, 3.8) is 0 Å². The maximum Gasteiger partial charge on any atom is 0.270 e. The molecule has 0 atom stereocenters. The summed E-state index contributed by atoms with van der Waals surface area (Å²) in [6.45, 7) is 9.39. The Morgan fingerprint density at radius 2 is 2.00 bits per heavy atom. The smallest absolute Gasteiger partial charge is 0.270 e. The van der Waals surface area contributed by atoms with Gasteiger partial charge in [0, 0.05) is 32.4 Å². The number of carbonyl (C=O) groups excluding carboxylic acids is 1. The van der Waals surface area contributed by atoms with Gasteiger partial charge in [0.05, 0.1) is 5.69 Å². The molecule has 20 heavy (non-hydrogen) atoms. The maximum atomic E-state index is 12.7. The van der Waals surface area contributed by atoms with E-state index in [4.69, 9.17) is 5.73 Å². The summed E-state index contributed by atoms with van der Waals surface area (Å²) in [5.74, 6) is 0.516. The van der Waals surface area contributed by atoms with Crippen LogP contribution in [0.2, 0.25) is 0 Å². The van der Waals surface area contributed by atoms with Crippen LogP contribution < -0.4 is 5.73 Å². The molecule has 0 bridgehead atoms. The molecule has 5 nitrogen and oxygen atoms in total. The van der Waals surface area contributed by atoms with Crippen LogP contribution in [0.4, 0.5) is 5.69 Å². The molecule has 0 unspecified atom stereocenters. The first-order valence-electron chi connectivity index (χ1n) is 7.24. The van der Waals surface area contributed by atoms with Gasteiger partial charge in [-0.1, -0.05) is 13.8 Å². The van der Waals surface area contributed by atoms with Gasteiger partial charge < -0.3 is 20.1 Å². The van der Waals surface area contributed by atoms with Crippen LogP contribution in [0.1, 0.15) is 31.3 Å². The Labute approximate surface area is 122 Å². The Balaban J connectivity index is 2.90. The molecule has 0 radical (unpaired) electrons. The minimum Gasteiger partial charge on any atom is -0.397 e. The standard InChI is InChI=1S/C15H28N4O/c1-6-18-11-13(16)9-14(18)15(20)19(10-12(2)3)8-7-17(4)5/h9,11-12H,6-8,10,16H2,1-5H3. The number of nitrogens with two attached hydrogens (primary N) is 1. The number of hydrogen-bond acceptors (Lipinski definition) is 3. The van der Waals surface area contributed by atoms with Crippen LogP contribution in [0.3, 0.4) is 0 Å². The lowest BCUT2D eigenvalue weighted by molar-refractivity contribution is 0.0714. The van der Waals surface area contributed by atoms with Crippen LogP contribution >= 0.6 is 0 Å². The number of amides is 1. The second-order valence-corrected chi connectivity index (χ2v) is 5.89. The van der Waals surface area contributed by atoms with Gasteiger partial charge in [0.15, 0.2) is 0 Å². The van der Waals surface area contributed by atoms with Gasteiger partial charge in [0.2, 0.25) is 0 Å². The SMILES string of the molecule is CCn1cc(N)cc1C(=O)N(CCN(C)C)CC(C)C. The molecular formula is C15H28N4O. The van der Waals surface area contributed by atoms with Crippen molar-refractivity contribution in [2.24, 2.45) is 5.92 Å². The minimum absolute atomic E-state index is 0.0686. The van der Waals surface area contributed by atoms with Crippen molar-refractivity contribution in [1.29, 1.82) is 0 Å². The highest BCUT2D eigenvalue weighted by molar-refractivity contribution is 5.93. The molecule has 1 amide bonds. The van der Waals surface area contributed by atoms with E-state index >= 15 is 0 Å². The fourth-order valence-corrected chi connectivity index (χ4v) is 2.17. The van der Waals surface area contributed by atoms with E-state index in [0.29, 0.717) is 17.3 Å². The van der Waals surface area contributed by atoms with E-state index in [-0.39, 0.29) is 5.91 Å². The summed E-state index contributed by atoms with van der Waals surface area (Å²) < 4.78 is 1.92. The van der Waals surface area contributed by atoms with Gasteiger partial charge in [-0.25, -0.2) is 0 Å². The molecule has 0 spiro atoms. The molecule has 0 saturated heterocycles. The number of aromatic nitrogens is 1. The third-order valence-electron chi connectivity index (χ3n) is 3.17. The van der Waals surface area contributed by atoms with Crippen molar-refractivity contribution >= 4 is 11.6 Å². The highest BCUT2D eigenvalue weighted by Gasteiger charge is 2.20. The van der Waals surface area contributed by atoms with E-state index in [9.17, 15) is 4.79 Å². The number of rotatable bonds is 7. The Morgan fingerprint density at radius 1 is 1.35 bits per heavy atom. The minimum atomic E-state index is 0.0686. The Kier molecular flexibility index (Phi) is 6.07. The monoisotopic (exact) mass is 280 g/mol. The molecule has 1 aromatic heterocycles. The largest absolute Gasteiger partial charge is 0.397 e. The van der Waals surface area contributed by atoms with E-state index in [0.717, 1.165) is 26.2 Å². The second-order valence-electron chi connectivity index (χ2n) is 5.89. The van der Waals surface area contributed by atoms with Crippen molar-refractivity contribution in [3.8, 4) is 0 Å². The third kappa shape index (κ3) is 4.56. The van der Waals surface area contributed by atoms with E-state index in [1.807, 2.05) is 36.7 Å². The van der Waals surface area contributed by atoms with Gasteiger partial charge in [-0.15, -0.1) is 0 Å². The molecule has 114 valence electrons. The molecule has 2 N–H and O–H groups in total. The van der Waals surface area contributed by atoms with E-state index in [1.54, 1.807) is 6.07 Å². The summed E-state index contributed by atoms with van der Waals surface area (Å²) >= 11 is 0. The molecule has 0 fully saturated rings. The molecule has 0 saturated carbocycles. The van der Waals surface area contributed by atoms with Crippen molar-refractivity contribution < 1.29 is 4.79 Å². The van der Waals surface area contributed by atoms with Crippen molar-refractivity contribution in [2.45, 2.75) is 27.3 Å². The average Bonchev–Trinajstić information content (AvgIpc) is 2.74. The number of anilines is 1. The molecule has 1 rings (SSSR count). The van der Waals surface area contributed by atoms with E-state index in [1.165, 1.54) is 0 Å². The zero-order valence-electron chi connectivity index (χ0n) is 13.4. The van der Waals surface area contributed by atoms with Gasteiger partial charge in [0.1, 0.15) is 5.69 Å². The fraction of sp³-hybridized carbons (Fsp3) is 0.667. The summed E-state index contributed by atoms with van der Waals surface area (Å²) in [6, 6.07) is 1.77. The first kappa shape index (κ1) is 16.6. The third-order valence-corrected chi connectivity index (χ3v) is 3.17. The van der Waals surface area contributed by atoms with Crippen molar-refractivity contribution in [3.05, 3.63) is 18.0 Å². The Morgan fingerprint density at radius 3 is 2.50 bits per heavy atom. The number of likely N-dealkylation sites (N-methyl/N-ethyl adjacent to an activating group) is 1. The van der Waals surface area contributed by atoms with Crippen LogP contribution in [0.25, 0.3) is 0 Å². The lowest BCUT2D eigenvalue weighted by Gasteiger charge is -2.26. The Hall–Kier alpha value is -1.49. The number of hydrogen-bond donors (Lipinski definition) is 1. The van der Waals surface area contributed by atoms with Crippen LogP contribution in [0, 0.1) is 5.92 Å². The lowest BCUT2D eigenvalue weighted by Crippen LogP contribution is -2.39. The van der Waals surface area contributed by atoms with E-state index in [2.05, 4.69) is 18.7 Å². The van der Waals surface area contributed by atoms with Crippen LogP contribution in [-0.4, -0.2) is 54.0 Å². The van der Waals surface area contributed by atoms with Gasteiger partial charge in [0.25, 0.3) is 5.91 Å². The zero-order chi connectivity index (χ0) is 15.3. The molecule has 1 aromatic rings. The molecular weight excluding hydrogens is 252 g/mol. The predicted octanol–water partition coefficient (Wildman–Crippen LogP) is 1.75. The molecule has 0 aliphatic heterocycles. The Bertz CT molecular complexity index is 437. The van der Waals surface area contributed by atoms with Gasteiger partial charge >= 0.3 is 0 Å². The molecule has 0 aromatic carbocycles. The first-order valence-corrected chi connectivity index (χ1v) is 7.24. The second kappa shape index (κ2) is 7.33. The average molecular weight is 280 g/mol. The lowest BCUT2D eigenvalue weighted by atomic mass is 10.2. The molecule has 0 aliphatic carbocycles. The number of nitrogen functional groups attached to an aromatic ring is 1. The zero-order valence-corrected chi connectivity index (χ0v) is 13.4. The quantitative estimate of drug-likeness (QED) is 0.828. The van der Waals surface area contributed by atoms with Crippen LogP contribution in [0.15, 0.2) is 12.3 Å². The maximum absolute atomic E-state index is 12.7. The highest BCUT2D eigenvalue weighted by Crippen LogP contribution is 2.14. The summed E-state index contributed by atoms with van der Waals surface area (Å²) in [7, 11) is 4.04. The van der Waals surface area contributed by atoms with E-state index < -0.39 is 0 Å². The predicted molar refractivity (Wildman–Crippen MR) is 83.8 cm³/mol. The summed E-state index contributed by atoms with van der Waals surface area (Å²) in [4.78, 5) is 16.7. The summed E-state index contributed by atoms with van der Waals surface area (Å²) in [5, 5.41) is 0. The summed E-state index contributed by atoms with van der Waals surface area (Å²) in [5.41, 5.74) is 7.15. The fourth-order valence-electron chi connectivity index (χ4n) is 2.17. The van der Waals surface area contributed by atoms with Gasteiger partial charge in [-0.2, -0.15) is 0 Å². The highest BCUT2D eigenvalue weighted by atomic mass is 16.2. The van der Waals surface area contributed by atoms with Crippen molar-refractivity contribution in [1.82, 2.24) is 14.4 Å². The number of aryl methyl sites for hydroxylation is 1. The molecule has 1 heterocycles. The number of nitrogens with zero attached hydrogens (tertiary/aromatic N) is 3. The molecule has 0 aliphatic rings. The first-order chi connectivity index (χ1) is 9.35. The van der Waals surface area contributed by atoms with Gasteiger partial charge in [-0.3, -0.25) is 4.79 Å². The number of carbonyl (C=O) groups is 1.